The zero-order chi connectivity index (χ0) is 21.6. The van der Waals surface area contributed by atoms with Crippen LogP contribution in [0.1, 0.15) is 43.0 Å². The Morgan fingerprint density at radius 2 is 1.34 bits per heavy atom. The molecule has 0 saturated carbocycles. The van der Waals surface area contributed by atoms with Gasteiger partial charge in [0.15, 0.2) is 0 Å². The summed E-state index contributed by atoms with van der Waals surface area (Å²) >= 11 is 0. The van der Waals surface area contributed by atoms with Crippen LogP contribution in [-0.2, 0) is 18.3 Å². The van der Waals surface area contributed by atoms with E-state index >= 15 is 0 Å². The first-order valence-corrected chi connectivity index (χ1v) is 9.65. The summed E-state index contributed by atoms with van der Waals surface area (Å²) < 4.78 is 0. The van der Waals surface area contributed by atoms with E-state index in [4.69, 9.17) is 0 Å². The van der Waals surface area contributed by atoms with E-state index in [0.717, 1.165) is 24.0 Å². The minimum atomic E-state index is -0.144. The van der Waals surface area contributed by atoms with Crippen LogP contribution in [0.2, 0.25) is 0 Å². The Kier molecular flexibility index (Phi) is 7.16. The number of aromatic hydroxyl groups is 4. The topological polar surface area (TPSA) is 80.9 Å². The van der Waals surface area contributed by atoms with Crippen molar-refractivity contribution in [3.8, 4) is 23.0 Å². The molecule has 0 aliphatic rings. The van der Waals surface area contributed by atoms with Gasteiger partial charge in [0.1, 0.15) is 23.0 Å². The fourth-order valence-corrected chi connectivity index (χ4v) is 2.98. The summed E-state index contributed by atoms with van der Waals surface area (Å²) in [6.45, 7) is 7.76. The van der Waals surface area contributed by atoms with E-state index in [1.807, 2.05) is 39.0 Å². The maximum absolute atomic E-state index is 9.64. The van der Waals surface area contributed by atoms with Gasteiger partial charge < -0.3 is 20.4 Å². The van der Waals surface area contributed by atoms with Crippen LogP contribution in [0.5, 0.6) is 23.0 Å². The highest BCUT2D eigenvalue weighted by Crippen LogP contribution is 2.35. The van der Waals surface area contributed by atoms with Crippen molar-refractivity contribution in [2.75, 3.05) is 0 Å². The molecule has 0 radical (unpaired) electrons. The molecule has 3 aromatic rings. The maximum Gasteiger partial charge on any atom is 0.119 e. The van der Waals surface area contributed by atoms with Gasteiger partial charge in [-0.1, -0.05) is 51.1 Å². The Balaban J connectivity index is 0.000000212. The van der Waals surface area contributed by atoms with Gasteiger partial charge >= 0.3 is 0 Å². The molecule has 0 heterocycles. The highest BCUT2D eigenvalue weighted by molar-refractivity contribution is 5.47. The van der Waals surface area contributed by atoms with Gasteiger partial charge in [-0.2, -0.15) is 0 Å². The average Bonchev–Trinajstić information content (AvgIpc) is 2.66. The van der Waals surface area contributed by atoms with Crippen LogP contribution in [0.3, 0.4) is 0 Å². The van der Waals surface area contributed by atoms with E-state index < -0.39 is 0 Å². The lowest BCUT2D eigenvalue weighted by Crippen LogP contribution is -2.11. The molecule has 4 heteroatoms. The van der Waals surface area contributed by atoms with Crippen molar-refractivity contribution in [1.29, 1.82) is 0 Å². The first-order valence-electron chi connectivity index (χ1n) is 9.65. The Hall–Kier alpha value is -3.14. The van der Waals surface area contributed by atoms with Gasteiger partial charge in [-0.3, -0.25) is 0 Å². The molecular formula is C25H30O4. The van der Waals surface area contributed by atoms with Crippen molar-refractivity contribution in [2.45, 2.75) is 46.0 Å². The summed E-state index contributed by atoms with van der Waals surface area (Å²) in [6, 6.07) is 17.9. The molecule has 0 aliphatic heterocycles. The SMILES string of the molecule is Cc1cc(O)c(C(C)(C)C)cc1O.Oc1ccc(O)c(CCc2ccccc2)c1. The van der Waals surface area contributed by atoms with Gasteiger partial charge in [-0.15, -0.1) is 0 Å². The molecule has 0 amide bonds. The fourth-order valence-electron chi connectivity index (χ4n) is 2.98. The molecule has 0 aliphatic carbocycles. The zero-order valence-electron chi connectivity index (χ0n) is 17.5. The minimum absolute atomic E-state index is 0.144. The quantitative estimate of drug-likeness (QED) is 0.437. The smallest absolute Gasteiger partial charge is 0.119 e. The number of hydrogen-bond donors (Lipinski definition) is 4. The molecule has 0 fully saturated rings. The summed E-state index contributed by atoms with van der Waals surface area (Å²) in [5.41, 5.74) is 3.34. The van der Waals surface area contributed by atoms with Crippen molar-refractivity contribution in [3.05, 3.63) is 82.9 Å². The van der Waals surface area contributed by atoms with Crippen molar-refractivity contribution in [3.63, 3.8) is 0 Å². The second-order valence-electron chi connectivity index (χ2n) is 8.20. The van der Waals surface area contributed by atoms with Crippen LogP contribution < -0.4 is 0 Å². The van der Waals surface area contributed by atoms with Gasteiger partial charge in [-0.05, 0) is 72.2 Å². The molecule has 0 saturated heterocycles. The molecule has 3 rings (SSSR count). The molecular weight excluding hydrogens is 364 g/mol. The molecule has 4 N–H and O–H groups in total. The summed E-state index contributed by atoms with van der Waals surface area (Å²) in [7, 11) is 0. The van der Waals surface area contributed by atoms with E-state index in [2.05, 4.69) is 12.1 Å². The molecule has 3 aromatic carbocycles. The van der Waals surface area contributed by atoms with Crippen molar-refractivity contribution in [2.24, 2.45) is 0 Å². The monoisotopic (exact) mass is 394 g/mol. The van der Waals surface area contributed by atoms with Crippen molar-refractivity contribution in [1.82, 2.24) is 0 Å². The van der Waals surface area contributed by atoms with Crippen LogP contribution >= 0.6 is 0 Å². The average molecular weight is 395 g/mol. The number of rotatable bonds is 3. The number of phenols is 4. The van der Waals surface area contributed by atoms with Gasteiger partial charge in [-0.25, -0.2) is 0 Å². The highest BCUT2D eigenvalue weighted by Gasteiger charge is 2.19. The maximum atomic E-state index is 9.64. The van der Waals surface area contributed by atoms with Gasteiger partial charge in [0.25, 0.3) is 0 Å². The summed E-state index contributed by atoms with van der Waals surface area (Å²) in [5, 5.41) is 38.0. The van der Waals surface area contributed by atoms with E-state index in [1.54, 1.807) is 25.1 Å². The highest BCUT2D eigenvalue weighted by atomic mass is 16.3. The molecule has 0 spiro atoms. The molecule has 154 valence electrons. The van der Waals surface area contributed by atoms with Crippen LogP contribution in [-0.4, -0.2) is 20.4 Å². The molecule has 0 unspecified atom stereocenters. The van der Waals surface area contributed by atoms with Gasteiger partial charge in [0, 0.05) is 5.56 Å². The van der Waals surface area contributed by atoms with E-state index in [-0.39, 0.29) is 28.4 Å². The molecule has 0 aromatic heterocycles. The van der Waals surface area contributed by atoms with Crippen LogP contribution in [0.25, 0.3) is 0 Å². The number of aryl methyl sites for hydroxylation is 3. The Morgan fingerprint density at radius 1 is 0.690 bits per heavy atom. The summed E-state index contributed by atoms with van der Waals surface area (Å²) in [4.78, 5) is 0. The second-order valence-corrected chi connectivity index (χ2v) is 8.20. The third-order valence-electron chi connectivity index (χ3n) is 4.71. The fraction of sp³-hybridized carbons (Fsp3) is 0.280. The zero-order valence-corrected chi connectivity index (χ0v) is 17.5. The minimum Gasteiger partial charge on any atom is -0.508 e. The van der Waals surface area contributed by atoms with Gasteiger partial charge in [0.05, 0.1) is 0 Å². The summed E-state index contributed by atoms with van der Waals surface area (Å²) in [6.07, 6.45) is 1.59. The van der Waals surface area contributed by atoms with E-state index in [0.29, 0.717) is 5.56 Å². The van der Waals surface area contributed by atoms with Crippen LogP contribution in [0, 0.1) is 6.92 Å². The largest absolute Gasteiger partial charge is 0.508 e. The predicted molar refractivity (Wildman–Crippen MR) is 117 cm³/mol. The Labute approximate surface area is 172 Å². The number of hydrogen-bond acceptors (Lipinski definition) is 4. The molecule has 0 bridgehead atoms. The molecule has 4 nitrogen and oxygen atoms in total. The van der Waals surface area contributed by atoms with E-state index in [1.165, 1.54) is 17.7 Å². The summed E-state index contributed by atoms with van der Waals surface area (Å²) in [5.74, 6) is 0.931. The van der Waals surface area contributed by atoms with E-state index in [9.17, 15) is 20.4 Å². The Bertz CT molecular complexity index is 941. The van der Waals surface area contributed by atoms with Crippen molar-refractivity contribution < 1.29 is 20.4 Å². The number of phenolic OH excluding ortho intramolecular Hbond substituents is 4. The molecule has 29 heavy (non-hydrogen) atoms. The van der Waals surface area contributed by atoms with Crippen LogP contribution in [0.15, 0.2) is 60.7 Å². The standard InChI is InChI=1S/C14H14O2.C11H16O2/c15-13-8-9-14(16)12(10-13)7-6-11-4-2-1-3-5-11;1-7-5-10(13)8(6-9(7)12)11(2,3)4/h1-5,8-10,15-16H,6-7H2;5-6,12-13H,1-4H3. The second kappa shape index (κ2) is 9.37. The molecule has 0 atom stereocenters. The van der Waals surface area contributed by atoms with Crippen LogP contribution in [0.4, 0.5) is 0 Å². The number of benzene rings is 3. The Morgan fingerprint density at radius 3 is 1.97 bits per heavy atom. The van der Waals surface area contributed by atoms with Crippen molar-refractivity contribution >= 4 is 0 Å². The normalized spacial score (nSPS) is 10.9. The first kappa shape index (κ1) is 22.2. The third kappa shape index (κ3) is 6.46. The predicted octanol–water partition coefficient (Wildman–Crippen LogP) is 5.59. The lowest BCUT2D eigenvalue weighted by molar-refractivity contribution is 0.433. The third-order valence-corrected chi connectivity index (χ3v) is 4.71. The van der Waals surface area contributed by atoms with Gasteiger partial charge in [0.2, 0.25) is 0 Å². The first-order chi connectivity index (χ1) is 13.6. The lowest BCUT2D eigenvalue weighted by Gasteiger charge is -2.21. The lowest BCUT2D eigenvalue weighted by atomic mass is 9.85.